The summed E-state index contributed by atoms with van der Waals surface area (Å²) in [5.74, 6) is 0. The summed E-state index contributed by atoms with van der Waals surface area (Å²) in [5.41, 5.74) is -0.169. The summed E-state index contributed by atoms with van der Waals surface area (Å²) in [7, 11) is -12.4. The lowest BCUT2D eigenvalue weighted by Crippen LogP contribution is -2.35. The normalized spacial score (nSPS) is 13.2. The van der Waals surface area contributed by atoms with Crippen LogP contribution in [0.3, 0.4) is 0 Å². The molecule has 0 spiro atoms. The number of rotatable bonds is 4. The maximum absolute atomic E-state index is 11.9. The zero-order valence-corrected chi connectivity index (χ0v) is 14.6. The average Bonchev–Trinajstić information content (AvgIpc) is 2.34. The topological polar surface area (TPSA) is 132 Å². The van der Waals surface area contributed by atoms with Gasteiger partial charge in [-0.1, -0.05) is 24.3 Å². The van der Waals surface area contributed by atoms with Crippen LogP contribution in [0.1, 0.15) is 0 Å². The molecule has 0 aliphatic heterocycles. The van der Waals surface area contributed by atoms with Gasteiger partial charge in [-0.3, -0.25) is 0 Å². The van der Waals surface area contributed by atoms with Crippen LogP contribution in [0.15, 0.2) is 41.3 Å². The van der Waals surface area contributed by atoms with Crippen LogP contribution in [0, 0.1) is 0 Å². The highest BCUT2D eigenvalue weighted by atomic mass is 32.3. The Bertz CT molecular complexity index is 1060. The molecule has 2 rings (SSSR count). The second-order valence-corrected chi connectivity index (χ2v) is 10.3. The molecule has 0 aliphatic rings. The summed E-state index contributed by atoms with van der Waals surface area (Å²) in [5, 5.41) is 5.41. The van der Waals surface area contributed by atoms with E-state index in [2.05, 4.69) is 0 Å². The van der Waals surface area contributed by atoms with Gasteiger partial charge in [0, 0.05) is 10.8 Å². The molecule has 0 radical (unpaired) electrons. The Morgan fingerprint density at radius 2 is 1.26 bits per heavy atom. The van der Waals surface area contributed by atoms with Crippen LogP contribution in [0.2, 0.25) is 0 Å². The van der Waals surface area contributed by atoms with E-state index >= 15 is 0 Å². The number of sulfonamides is 3. The van der Waals surface area contributed by atoms with Gasteiger partial charge in [-0.05, 0) is 12.1 Å². The van der Waals surface area contributed by atoms with Crippen LogP contribution in [0.4, 0.5) is 5.69 Å². The third-order valence-electron chi connectivity index (χ3n) is 2.96. The largest absolute Gasteiger partial charge is 0.245 e. The maximum Gasteiger partial charge on any atom is 0.245 e. The minimum Gasteiger partial charge on any atom is -0.225 e. The zero-order chi connectivity index (χ0) is 17.6. The molecule has 0 bridgehead atoms. The second kappa shape index (κ2) is 5.44. The van der Waals surface area contributed by atoms with Gasteiger partial charge in [-0.2, -0.15) is 3.71 Å². The van der Waals surface area contributed by atoms with E-state index in [4.69, 9.17) is 5.14 Å². The molecule has 11 heteroatoms. The van der Waals surface area contributed by atoms with Crippen LogP contribution >= 0.6 is 0 Å². The van der Waals surface area contributed by atoms with Crippen molar-refractivity contribution in [3.63, 3.8) is 0 Å². The fourth-order valence-electron chi connectivity index (χ4n) is 2.28. The maximum atomic E-state index is 11.9. The number of fused-ring (bicyclic) bond motifs is 1. The lowest BCUT2D eigenvalue weighted by molar-refractivity contribution is 0.590. The Morgan fingerprint density at radius 1 is 0.783 bits per heavy atom. The van der Waals surface area contributed by atoms with Crippen molar-refractivity contribution in [2.75, 3.05) is 16.2 Å². The van der Waals surface area contributed by atoms with Crippen LogP contribution in [-0.2, 0) is 30.1 Å². The summed E-state index contributed by atoms with van der Waals surface area (Å²) in [6.45, 7) is 0. The van der Waals surface area contributed by atoms with Crippen molar-refractivity contribution in [2.24, 2.45) is 5.14 Å². The number of nitrogens with two attached hydrogens (primary N) is 1. The minimum absolute atomic E-state index is 0.129. The van der Waals surface area contributed by atoms with E-state index in [1.807, 2.05) is 0 Å². The Hall–Kier alpha value is -1.69. The Kier molecular flexibility index (Phi) is 4.18. The van der Waals surface area contributed by atoms with E-state index in [-0.39, 0.29) is 25.1 Å². The van der Waals surface area contributed by atoms with Crippen molar-refractivity contribution < 1.29 is 25.3 Å². The third kappa shape index (κ3) is 3.47. The molecule has 0 aromatic heterocycles. The molecule has 2 aromatic carbocycles. The number of hydrogen-bond acceptors (Lipinski definition) is 6. The Labute approximate surface area is 134 Å². The summed E-state index contributed by atoms with van der Waals surface area (Å²) < 4.78 is 71.2. The SMILES string of the molecule is CS(=O)(=O)N(c1cccc2c(S(N)(=O)=O)cccc12)S(C)(=O)=O. The van der Waals surface area contributed by atoms with Crippen molar-refractivity contribution in [3.8, 4) is 0 Å². The van der Waals surface area contributed by atoms with Crippen LogP contribution in [0.25, 0.3) is 10.8 Å². The molecule has 0 heterocycles. The fraction of sp³-hybridized carbons (Fsp3) is 0.167. The van der Waals surface area contributed by atoms with Gasteiger partial charge in [0.15, 0.2) is 0 Å². The predicted octanol–water partition coefficient (Wildman–Crippen LogP) is 0.213. The first-order valence-electron chi connectivity index (χ1n) is 6.08. The van der Waals surface area contributed by atoms with Crippen molar-refractivity contribution >= 4 is 46.5 Å². The lowest BCUT2D eigenvalue weighted by atomic mass is 10.1. The van der Waals surface area contributed by atoms with Crippen LogP contribution < -0.4 is 8.85 Å². The Balaban J connectivity index is 2.98. The fourth-order valence-corrected chi connectivity index (χ4v) is 6.03. The third-order valence-corrected chi connectivity index (χ3v) is 7.16. The molecule has 8 nitrogen and oxygen atoms in total. The van der Waals surface area contributed by atoms with Gasteiger partial charge >= 0.3 is 0 Å². The van der Waals surface area contributed by atoms with E-state index in [1.165, 1.54) is 36.4 Å². The highest BCUT2D eigenvalue weighted by Gasteiger charge is 2.29. The van der Waals surface area contributed by atoms with Gasteiger partial charge in [-0.25, -0.2) is 30.4 Å². The first-order valence-corrected chi connectivity index (χ1v) is 11.3. The first kappa shape index (κ1) is 17.7. The Morgan fingerprint density at radius 3 is 1.74 bits per heavy atom. The molecule has 0 aliphatic carbocycles. The van der Waals surface area contributed by atoms with Gasteiger partial charge < -0.3 is 0 Å². The zero-order valence-electron chi connectivity index (χ0n) is 12.2. The quantitative estimate of drug-likeness (QED) is 0.809. The standard InChI is InChI=1S/C12H14N2O6S3/c1-21(15,16)14(22(2,17)18)11-7-3-6-10-9(11)5-4-8-12(10)23(13,19)20/h3-8H,1-2H3,(H2,13,19,20). The summed E-state index contributed by atoms with van der Waals surface area (Å²) in [4.78, 5) is -0.223. The van der Waals surface area contributed by atoms with Crippen molar-refractivity contribution in [1.82, 2.24) is 0 Å². The van der Waals surface area contributed by atoms with Crippen molar-refractivity contribution in [3.05, 3.63) is 36.4 Å². The van der Waals surface area contributed by atoms with Crippen molar-refractivity contribution in [2.45, 2.75) is 4.90 Å². The van der Waals surface area contributed by atoms with E-state index in [9.17, 15) is 25.3 Å². The summed E-state index contributed by atoms with van der Waals surface area (Å²) in [6.07, 6.45) is 1.49. The van der Waals surface area contributed by atoms with E-state index in [1.54, 1.807) is 0 Å². The molecule has 2 aromatic rings. The number of hydrogen-bond donors (Lipinski definition) is 1. The highest BCUT2D eigenvalue weighted by molar-refractivity contribution is 8.09. The molecule has 0 atom stereocenters. The molecule has 0 amide bonds. The number of nitrogens with zero attached hydrogens (tertiary/aromatic N) is 1. The number of primary sulfonamides is 1. The number of anilines is 1. The molecule has 2 N–H and O–H groups in total. The number of benzene rings is 2. The molecule has 0 unspecified atom stereocenters. The molecule has 126 valence electrons. The second-order valence-electron chi connectivity index (χ2n) is 4.90. The van der Waals surface area contributed by atoms with Gasteiger partial charge in [0.1, 0.15) is 0 Å². The van der Waals surface area contributed by atoms with E-state index in [0.29, 0.717) is 0 Å². The monoisotopic (exact) mass is 378 g/mol. The minimum atomic E-state index is -4.15. The predicted molar refractivity (Wildman–Crippen MR) is 87.5 cm³/mol. The molecule has 0 saturated heterocycles. The van der Waals surface area contributed by atoms with E-state index < -0.39 is 30.1 Å². The molecular formula is C12H14N2O6S3. The van der Waals surface area contributed by atoms with Gasteiger partial charge in [-0.15, -0.1) is 0 Å². The average molecular weight is 378 g/mol. The van der Waals surface area contributed by atoms with Crippen LogP contribution in [-0.4, -0.2) is 37.8 Å². The van der Waals surface area contributed by atoms with Crippen molar-refractivity contribution in [1.29, 1.82) is 0 Å². The van der Waals surface area contributed by atoms with Gasteiger partial charge in [0.25, 0.3) is 0 Å². The smallest absolute Gasteiger partial charge is 0.225 e. The lowest BCUT2D eigenvalue weighted by Gasteiger charge is -2.21. The summed E-state index contributed by atoms with van der Waals surface area (Å²) >= 11 is 0. The molecule has 0 saturated carbocycles. The van der Waals surface area contributed by atoms with Crippen LogP contribution in [0.5, 0.6) is 0 Å². The van der Waals surface area contributed by atoms with Gasteiger partial charge in [0.05, 0.1) is 23.1 Å². The molecular weight excluding hydrogens is 364 g/mol. The highest BCUT2D eigenvalue weighted by Crippen LogP contribution is 2.33. The van der Waals surface area contributed by atoms with Gasteiger partial charge in [0.2, 0.25) is 30.1 Å². The molecule has 23 heavy (non-hydrogen) atoms. The first-order chi connectivity index (χ1) is 10.3. The molecule has 0 fully saturated rings. The van der Waals surface area contributed by atoms with E-state index in [0.717, 1.165) is 12.5 Å². The summed E-state index contributed by atoms with van der Waals surface area (Å²) in [6, 6.07) is 8.08.